The van der Waals surface area contributed by atoms with E-state index in [0.29, 0.717) is 23.1 Å². The van der Waals surface area contributed by atoms with Gasteiger partial charge in [-0.2, -0.15) is 0 Å². The lowest BCUT2D eigenvalue weighted by Crippen LogP contribution is -2.44. The molecule has 1 aliphatic rings. The van der Waals surface area contributed by atoms with Crippen LogP contribution in [0.2, 0.25) is 5.15 Å². The fourth-order valence-electron chi connectivity index (χ4n) is 1.91. The van der Waals surface area contributed by atoms with E-state index >= 15 is 0 Å². The maximum absolute atomic E-state index is 11.9. The first-order valence-corrected chi connectivity index (χ1v) is 6.39. The summed E-state index contributed by atoms with van der Waals surface area (Å²) in [6, 6.07) is 3.28. The maximum Gasteiger partial charge on any atom is 0.341 e. The smallest absolute Gasteiger partial charge is 0.341 e. The molecule has 0 spiro atoms. The molecule has 6 heteroatoms. The first kappa shape index (κ1) is 13.1. The Bertz CT molecular complexity index is 433. The second-order valence-corrected chi connectivity index (χ2v) is 4.35. The van der Waals surface area contributed by atoms with E-state index < -0.39 is 0 Å². The molecule has 1 saturated heterocycles. The third-order valence-corrected chi connectivity index (χ3v) is 2.96. The Balaban J connectivity index is 2.30. The van der Waals surface area contributed by atoms with Gasteiger partial charge >= 0.3 is 5.97 Å². The minimum atomic E-state index is -0.352. The number of hydrogen-bond donors (Lipinski definition) is 1. The molecule has 18 heavy (non-hydrogen) atoms. The number of rotatable bonds is 3. The normalized spacial score (nSPS) is 15.6. The number of carbonyl (C=O) groups excluding carboxylic acids is 1. The number of nitrogens with one attached hydrogen (secondary N) is 1. The van der Waals surface area contributed by atoms with Crippen molar-refractivity contribution >= 4 is 23.4 Å². The van der Waals surface area contributed by atoms with E-state index in [2.05, 4.69) is 15.2 Å². The van der Waals surface area contributed by atoms with Crippen LogP contribution >= 0.6 is 11.6 Å². The van der Waals surface area contributed by atoms with E-state index in [9.17, 15) is 4.79 Å². The van der Waals surface area contributed by atoms with Gasteiger partial charge in [0.1, 0.15) is 16.5 Å². The van der Waals surface area contributed by atoms with Crippen LogP contribution in [0.4, 0.5) is 5.82 Å². The lowest BCUT2D eigenvalue weighted by atomic mass is 10.2. The quantitative estimate of drug-likeness (QED) is 0.663. The monoisotopic (exact) mass is 269 g/mol. The first-order valence-electron chi connectivity index (χ1n) is 6.01. The molecule has 2 rings (SSSR count). The van der Waals surface area contributed by atoms with Crippen LogP contribution < -0.4 is 10.2 Å². The number of hydrogen-bond acceptors (Lipinski definition) is 5. The van der Waals surface area contributed by atoms with Crippen molar-refractivity contribution in [2.75, 3.05) is 37.7 Å². The third kappa shape index (κ3) is 2.91. The summed E-state index contributed by atoms with van der Waals surface area (Å²) in [5.74, 6) is 0.262. The second-order valence-electron chi connectivity index (χ2n) is 3.96. The van der Waals surface area contributed by atoms with E-state index in [0.717, 1.165) is 26.2 Å². The largest absolute Gasteiger partial charge is 0.462 e. The Labute approximate surface area is 111 Å². The van der Waals surface area contributed by atoms with Gasteiger partial charge in [0, 0.05) is 26.2 Å². The Kier molecular flexibility index (Phi) is 4.38. The molecule has 0 unspecified atom stereocenters. The number of carbonyl (C=O) groups is 1. The Morgan fingerprint density at radius 2 is 2.22 bits per heavy atom. The molecule has 1 aliphatic heterocycles. The number of halogens is 1. The molecular formula is C12H16ClN3O2. The Morgan fingerprint density at radius 1 is 1.50 bits per heavy atom. The SMILES string of the molecule is CCOC(=O)c1ccc(Cl)nc1N1CCNCC1. The van der Waals surface area contributed by atoms with E-state index in [1.54, 1.807) is 19.1 Å². The van der Waals surface area contributed by atoms with Gasteiger partial charge in [-0.05, 0) is 19.1 Å². The molecule has 0 bridgehead atoms. The van der Waals surface area contributed by atoms with Crippen molar-refractivity contribution in [1.82, 2.24) is 10.3 Å². The number of aromatic nitrogens is 1. The first-order chi connectivity index (χ1) is 8.72. The van der Waals surface area contributed by atoms with Gasteiger partial charge in [-0.3, -0.25) is 0 Å². The molecule has 0 radical (unpaired) electrons. The molecule has 2 heterocycles. The highest BCUT2D eigenvalue weighted by Crippen LogP contribution is 2.22. The van der Waals surface area contributed by atoms with Gasteiger partial charge in [-0.15, -0.1) is 0 Å². The molecule has 0 amide bonds. The number of nitrogens with zero attached hydrogens (tertiary/aromatic N) is 2. The molecular weight excluding hydrogens is 254 g/mol. The summed E-state index contributed by atoms with van der Waals surface area (Å²) in [6.07, 6.45) is 0. The molecule has 1 N–H and O–H groups in total. The summed E-state index contributed by atoms with van der Waals surface area (Å²) < 4.78 is 5.03. The van der Waals surface area contributed by atoms with Gasteiger partial charge in [0.2, 0.25) is 0 Å². The zero-order chi connectivity index (χ0) is 13.0. The predicted octanol–water partition coefficient (Wildman–Crippen LogP) is 1.32. The third-order valence-electron chi connectivity index (χ3n) is 2.75. The van der Waals surface area contributed by atoms with E-state index in [1.807, 2.05) is 0 Å². The van der Waals surface area contributed by atoms with Crippen molar-refractivity contribution in [2.45, 2.75) is 6.92 Å². The minimum Gasteiger partial charge on any atom is -0.462 e. The van der Waals surface area contributed by atoms with Gasteiger partial charge in [0.05, 0.1) is 6.61 Å². The van der Waals surface area contributed by atoms with Crippen LogP contribution in [0, 0.1) is 0 Å². The highest BCUT2D eigenvalue weighted by molar-refractivity contribution is 6.29. The van der Waals surface area contributed by atoms with E-state index in [4.69, 9.17) is 16.3 Å². The molecule has 1 fully saturated rings. The summed E-state index contributed by atoms with van der Waals surface area (Å²) in [5, 5.41) is 3.64. The summed E-state index contributed by atoms with van der Waals surface area (Å²) in [6.45, 7) is 5.49. The van der Waals surface area contributed by atoms with Gasteiger partial charge < -0.3 is 15.0 Å². The van der Waals surface area contributed by atoms with Gasteiger partial charge in [-0.25, -0.2) is 9.78 Å². The summed E-state index contributed by atoms with van der Waals surface area (Å²) in [7, 11) is 0. The molecule has 0 atom stereocenters. The molecule has 1 aromatic heterocycles. The fraction of sp³-hybridized carbons (Fsp3) is 0.500. The summed E-state index contributed by atoms with van der Waals surface area (Å²) in [4.78, 5) is 18.2. The number of esters is 1. The highest BCUT2D eigenvalue weighted by Gasteiger charge is 2.21. The van der Waals surface area contributed by atoms with Crippen LogP contribution in [0.15, 0.2) is 12.1 Å². The zero-order valence-electron chi connectivity index (χ0n) is 10.3. The fourth-order valence-corrected chi connectivity index (χ4v) is 2.05. The standard InChI is InChI=1S/C12H16ClN3O2/c1-2-18-12(17)9-3-4-10(13)15-11(9)16-7-5-14-6-8-16/h3-4,14H,2,5-8H2,1H3. The van der Waals surface area contributed by atoms with E-state index in [1.165, 1.54) is 0 Å². The lowest BCUT2D eigenvalue weighted by molar-refractivity contribution is 0.0526. The number of ether oxygens (including phenoxy) is 1. The number of anilines is 1. The van der Waals surface area contributed by atoms with Crippen LogP contribution in [0.25, 0.3) is 0 Å². The van der Waals surface area contributed by atoms with Crippen molar-refractivity contribution in [3.63, 3.8) is 0 Å². The zero-order valence-corrected chi connectivity index (χ0v) is 11.0. The van der Waals surface area contributed by atoms with Crippen molar-refractivity contribution in [1.29, 1.82) is 0 Å². The average molecular weight is 270 g/mol. The molecule has 98 valence electrons. The number of piperazine rings is 1. The van der Waals surface area contributed by atoms with Crippen molar-refractivity contribution < 1.29 is 9.53 Å². The predicted molar refractivity (Wildman–Crippen MR) is 70.3 cm³/mol. The maximum atomic E-state index is 11.9. The van der Waals surface area contributed by atoms with Crippen molar-refractivity contribution in [3.8, 4) is 0 Å². The van der Waals surface area contributed by atoms with Crippen LogP contribution in [-0.4, -0.2) is 43.7 Å². The summed E-state index contributed by atoms with van der Waals surface area (Å²) >= 11 is 5.91. The van der Waals surface area contributed by atoms with Gasteiger partial charge in [0.15, 0.2) is 0 Å². The Morgan fingerprint density at radius 3 is 2.89 bits per heavy atom. The van der Waals surface area contributed by atoms with Gasteiger partial charge in [-0.1, -0.05) is 11.6 Å². The summed E-state index contributed by atoms with van der Waals surface area (Å²) in [5.41, 5.74) is 0.475. The molecule has 1 aromatic rings. The molecule has 0 aromatic carbocycles. The molecule has 5 nitrogen and oxygen atoms in total. The Hall–Kier alpha value is -1.33. The second kappa shape index (κ2) is 6.02. The minimum absolute atomic E-state index is 0.350. The van der Waals surface area contributed by atoms with Crippen LogP contribution in [0.5, 0.6) is 0 Å². The van der Waals surface area contributed by atoms with Crippen molar-refractivity contribution in [3.05, 3.63) is 22.8 Å². The van der Waals surface area contributed by atoms with Crippen LogP contribution in [0.3, 0.4) is 0 Å². The molecule has 0 aliphatic carbocycles. The van der Waals surface area contributed by atoms with Crippen molar-refractivity contribution in [2.24, 2.45) is 0 Å². The lowest BCUT2D eigenvalue weighted by Gasteiger charge is -2.29. The molecule has 0 saturated carbocycles. The van der Waals surface area contributed by atoms with E-state index in [-0.39, 0.29) is 5.97 Å². The van der Waals surface area contributed by atoms with Crippen LogP contribution in [-0.2, 0) is 4.74 Å². The van der Waals surface area contributed by atoms with Gasteiger partial charge in [0.25, 0.3) is 0 Å². The highest BCUT2D eigenvalue weighted by atomic mass is 35.5. The average Bonchev–Trinajstić information content (AvgIpc) is 2.40. The topological polar surface area (TPSA) is 54.5 Å². The number of pyridine rings is 1. The van der Waals surface area contributed by atoms with Crippen LogP contribution in [0.1, 0.15) is 17.3 Å².